The Labute approximate surface area is 113 Å². The summed E-state index contributed by atoms with van der Waals surface area (Å²) in [5.41, 5.74) is 1.05. The first-order valence-corrected chi connectivity index (χ1v) is 6.92. The molecule has 1 aromatic rings. The van der Waals surface area contributed by atoms with E-state index in [0.29, 0.717) is 13.2 Å². The Morgan fingerprint density at radius 2 is 2.37 bits per heavy atom. The Morgan fingerprint density at radius 1 is 1.53 bits per heavy atom. The summed E-state index contributed by atoms with van der Waals surface area (Å²) < 4.78 is 5.55. The normalized spacial score (nSPS) is 28.8. The predicted molar refractivity (Wildman–Crippen MR) is 73.3 cm³/mol. The smallest absolute Gasteiger partial charge is 0.231 e. The number of rotatable bonds is 3. The number of fused-ring (bicyclic) bond motifs is 1. The zero-order valence-corrected chi connectivity index (χ0v) is 11.2. The van der Waals surface area contributed by atoms with E-state index in [1.807, 2.05) is 24.3 Å². The van der Waals surface area contributed by atoms with Crippen molar-refractivity contribution in [3.63, 3.8) is 0 Å². The maximum Gasteiger partial charge on any atom is 0.231 e. The summed E-state index contributed by atoms with van der Waals surface area (Å²) in [6.07, 6.45) is 2.30. The second-order valence-electron chi connectivity index (χ2n) is 5.71. The average molecular weight is 260 g/mol. The molecule has 0 spiro atoms. The second kappa shape index (κ2) is 4.85. The number of nitrogens with one attached hydrogen (secondary N) is 2. The Kier molecular flexibility index (Phi) is 3.19. The van der Waals surface area contributed by atoms with Gasteiger partial charge in [0.05, 0.1) is 0 Å². The molecule has 2 aliphatic heterocycles. The first-order chi connectivity index (χ1) is 9.18. The molecule has 1 saturated heterocycles. The molecule has 2 heterocycles. The van der Waals surface area contributed by atoms with Crippen LogP contribution >= 0.6 is 0 Å². The van der Waals surface area contributed by atoms with E-state index >= 15 is 0 Å². The van der Waals surface area contributed by atoms with E-state index in [0.717, 1.165) is 24.3 Å². The van der Waals surface area contributed by atoms with Crippen molar-refractivity contribution in [2.45, 2.75) is 31.2 Å². The monoisotopic (exact) mass is 260 g/mol. The predicted octanol–water partition coefficient (Wildman–Crippen LogP) is 1.42. The van der Waals surface area contributed by atoms with Crippen molar-refractivity contribution in [2.24, 2.45) is 0 Å². The van der Waals surface area contributed by atoms with Crippen LogP contribution in [-0.2, 0) is 4.79 Å². The Hall–Kier alpha value is -1.55. The van der Waals surface area contributed by atoms with Crippen molar-refractivity contribution in [2.75, 3.05) is 19.7 Å². The van der Waals surface area contributed by atoms with Gasteiger partial charge in [-0.3, -0.25) is 4.79 Å². The molecule has 4 heteroatoms. The standard InChI is InChI=1S/C15H20N2O2/c1-15(7-4-8-17-15)10-16-14(18)12-9-19-13-6-3-2-5-11(12)13/h2-3,5-6,12,17H,4,7-10H2,1H3,(H,16,18). The third-order valence-corrected chi connectivity index (χ3v) is 4.13. The van der Waals surface area contributed by atoms with Crippen LogP contribution in [-0.4, -0.2) is 31.1 Å². The third-order valence-electron chi connectivity index (χ3n) is 4.13. The number of carbonyl (C=O) groups excluding carboxylic acids is 1. The van der Waals surface area contributed by atoms with E-state index in [1.165, 1.54) is 6.42 Å². The van der Waals surface area contributed by atoms with Crippen molar-refractivity contribution < 1.29 is 9.53 Å². The molecule has 0 saturated carbocycles. The fourth-order valence-corrected chi connectivity index (χ4v) is 2.89. The maximum atomic E-state index is 12.3. The summed E-state index contributed by atoms with van der Waals surface area (Å²) in [5, 5.41) is 6.52. The minimum atomic E-state index is -0.166. The first kappa shape index (κ1) is 12.5. The average Bonchev–Trinajstić information content (AvgIpc) is 3.03. The van der Waals surface area contributed by atoms with E-state index in [-0.39, 0.29) is 17.4 Å². The maximum absolute atomic E-state index is 12.3. The largest absolute Gasteiger partial charge is 0.492 e. The highest BCUT2D eigenvalue weighted by atomic mass is 16.5. The van der Waals surface area contributed by atoms with Gasteiger partial charge in [-0.15, -0.1) is 0 Å². The van der Waals surface area contributed by atoms with Crippen molar-refractivity contribution in [3.05, 3.63) is 29.8 Å². The fraction of sp³-hybridized carbons (Fsp3) is 0.533. The summed E-state index contributed by atoms with van der Waals surface area (Å²) in [7, 11) is 0. The molecule has 1 aromatic carbocycles. The molecule has 0 aliphatic carbocycles. The van der Waals surface area contributed by atoms with Gasteiger partial charge >= 0.3 is 0 Å². The Morgan fingerprint density at radius 3 is 3.16 bits per heavy atom. The van der Waals surface area contributed by atoms with Crippen LogP contribution in [0.25, 0.3) is 0 Å². The highest BCUT2D eigenvalue weighted by Crippen LogP contribution is 2.33. The third kappa shape index (κ3) is 2.45. The number of benzene rings is 1. The summed E-state index contributed by atoms with van der Waals surface area (Å²) in [5.74, 6) is 0.744. The molecule has 1 fully saturated rings. The molecule has 2 unspecified atom stereocenters. The molecule has 2 atom stereocenters. The number of carbonyl (C=O) groups is 1. The molecule has 3 rings (SSSR count). The van der Waals surface area contributed by atoms with Crippen LogP contribution in [0.5, 0.6) is 5.75 Å². The number of ether oxygens (including phenoxy) is 1. The molecule has 4 nitrogen and oxygen atoms in total. The number of amides is 1. The van der Waals surface area contributed by atoms with Crippen molar-refractivity contribution >= 4 is 5.91 Å². The first-order valence-electron chi connectivity index (χ1n) is 6.92. The topological polar surface area (TPSA) is 50.4 Å². The van der Waals surface area contributed by atoms with Crippen LogP contribution < -0.4 is 15.4 Å². The molecular formula is C15H20N2O2. The summed E-state index contributed by atoms with van der Waals surface area (Å²) in [4.78, 5) is 12.3. The van der Waals surface area contributed by atoms with E-state index in [2.05, 4.69) is 17.6 Å². The zero-order chi connectivity index (χ0) is 13.3. The SMILES string of the molecule is CC1(CNC(=O)C2COc3ccccc32)CCCN1. The highest BCUT2D eigenvalue weighted by Gasteiger charge is 2.33. The van der Waals surface area contributed by atoms with Gasteiger partial charge < -0.3 is 15.4 Å². The lowest BCUT2D eigenvalue weighted by atomic mass is 9.98. The van der Waals surface area contributed by atoms with Gasteiger partial charge in [0, 0.05) is 17.6 Å². The van der Waals surface area contributed by atoms with Crippen molar-refractivity contribution in [1.29, 1.82) is 0 Å². The minimum absolute atomic E-state index is 0.0502. The summed E-state index contributed by atoms with van der Waals surface area (Å²) in [6, 6.07) is 7.78. The molecule has 2 N–H and O–H groups in total. The molecule has 2 aliphatic rings. The minimum Gasteiger partial charge on any atom is -0.492 e. The van der Waals surface area contributed by atoms with Crippen LogP contribution in [0.15, 0.2) is 24.3 Å². The molecule has 1 amide bonds. The number of hydrogen-bond acceptors (Lipinski definition) is 3. The van der Waals surface area contributed by atoms with Crippen LogP contribution in [0.4, 0.5) is 0 Å². The van der Waals surface area contributed by atoms with Crippen molar-refractivity contribution in [3.8, 4) is 5.75 Å². The molecule has 102 valence electrons. The van der Waals surface area contributed by atoms with E-state index in [9.17, 15) is 4.79 Å². The molecular weight excluding hydrogens is 240 g/mol. The zero-order valence-electron chi connectivity index (χ0n) is 11.2. The van der Waals surface area contributed by atoms with Gasteiger partial charge in [0.2, 0.25) is 5.91 Å². The highest BCUT2D eigenvalue weighted by molar-refractivity contribution is 5.85. The lowest BCUT2D eigenvalue weighted by Gasteiger charge is -2.25. The number of hydrogen-bond donors (Lipinski definition) is 2. The van der Waals surface area contributed by atoms with E-state index in [4.69, 9.17) is 4.74 Å². The van der Waals surface area contributed by atoms with Crippen LogP contribution in [0, 0.1) is 0 Å². The Balaban J connectivity index is 1.63. The van der Waals surface area contributed by atoms with Crippen LogP contribution in [0.3, 0.4) is 0 Å². The van der Waals surface area contributed by atoms with Crippen molar-refractivity contribution in [1.82, 2.24) is 10.6 Å². The van der Waals surface area contributed by atoms with Gasteiger partial charge in [-0.05, 0) is 32.4 Å². The molecule has 19 heavy (non-hydrogen) atoms. The lowest BCUT2D eigenvalue weighted by molar-refractivity contribution is -0.123. The second-order valence-corrected chi connectivity index (χ2v) is 5.71. The molecule has 0 aromatic heterocycles. The van der Waals surface area contributed by atoms with Crippen LogP contribution in [0.1, 0.15) is 31.2 Å². The van der Waals surface area contributed by atoms with Gasteiger partial charge in [-0.1, -0.05) is 18.2 Å². The Bertz CT molecular complexity index is 481. The molecule has 0 radical (unpaired) electrons. The summed E-state index contributed by atoms with van der Waals surface area (Å²) >= 11 is 0. The molecule has 0 bridgehead atoms. The quantitative estimate of drug-likeness (QED) is 0.864. The van der Waals surface area contributed by atoms with Gasteiger partial charge in [0.1, 0.15) is 18.3 Å². The number of para-hydroxylation sites is 1. The van der Waals surface area contributed by atoms with Gasteiger partial charge in [-0.2, -0.15) is 0 Å². The summed E-state index contributed by atoms with van der Waals surface area (Å²) in [6.45, 7) is 4.35. The van der Waals surface area contributed by atoms with Gasteiger partial charge in [0.15, 0.2) is 0 Å². The van der Waals surface area contributed by atoms with Crippen LogP contribution in [0.2, 0.25) is 0 Å². The fourth-order valence-electron chi connectivity index (χ4n) is 2.89. The van der Waals surface area contributed by atoms with Gasteiger partial charge in [0.25, 0.3) is 0 Å². The van der Waals surface area contributed by atoms with E-state index in [1.54, 1.807) is 0 Å². The van der Waals surface area contributed by atoms with Gasteiger partial charge in [-0.25, -0.2) is 0 Å². The lowest BCUT2D eigenvalue weighted by Crippen LogP contribution is -2.48. The van der Waals surface area contributed by atoms with E-state index < -0.39 is 0 Å².